The molecule has 30 heavy (non-hydrogen) atoms. The molecule has 0 unspecified atom stereocenters. The number of morpholine rings is 1. The topological polar surface area (TPSA) is 84.9 Å². The highest BCUT2D eigenvalue weighted by atomic mass is 32.2. The Bertz CT molecular complexity index is 957. The van der Waals surface area contributed by atoms with Gasteiger partial charge in [0.05, 0.1) is 20.3 Å². The van der Waals surface area contributed by atoms with Crippen molar-refractivity contribution in [3.8, 4) is 5.75 Å². The molecule has 162 valence electrons. The second-order valence-corrected chi connectivity index (χ2v) is 9.19. The minimum absolute atomic E-state index is 0.00325. The molecule has 1 atom stereocenters. The van der Waals surface area contributed by atoms with E-state index in [-0.39, 0.29) is 41.2 Å². The van der Waals surface area contributed by atoms with Gasteiger partial charge in [0.15, 0.2) is 0 Å². The molecule has 1 aliphatic rings. The fraction of sp³-hybridized carbons (Fsp3) is 0.409. The minimum atomic E-state index is -3.79. The Morgan fingerprint density at radius 3 is 2.53 bits per heavy atom. The molecule has 3 rings (SSSR count). The van der Waals surface area contributed by atoms with Gasteiger partial charge in [0.2, 0.25) is 10.0 Å². The van der Waals surface area contributed by atoms with Crippen LogP contribution in [0.3, 0.4) is 0 Å². The number of hydrogen-bond acceptors (Lipinski definition) is 5. The van der Waals surface area contributed by atoms with Crippen LogP contribution in [0, 0.1) is 0 Å². The Morgan fingerprint density at radius 1 is 1.17 bits per heavy atom. The Kier molecular flexibility index (Phi) is 7.47. The van der Waals surface area contributed by atoms with E-state index in [1.807, 2.05) is 25.1 Å². The second kappa shape index (κ2) is 10.1. The van der Waals surface area contributed by atoms with E-state index in [4.69, 9.17) is 9.47 Å². The van der Waals surface area contributed by atoms with Crippen LogP contribution in [0.15, 0.2) is 53.4 Å². The number of nitrogens with one attached hydrogen (secondary N) is 1. The quantitative estimate of drug-likeness (QED) is 0.693. The normalized spacial score (nSPS) is 16.1. The van der Waals surface area contributed by atoms with Gasteiger partial charge in [0.25, 0.3) is 5.91 Å². The summed E-state index contributed by atoms with van der Waals surface area (Å²) in [6.45, 7) is 3.19. The number of sulfonamides is 1. The lowest BCUT2D eigenvalue weighted by molar-refractivity contribution is 0.0729. The van der Waals surface area contributed by atoms with Gasteiger partial charge in [-0.1, -0.05) is 30.3 Å². The van der Waals surface area contributed by atoms with Crippen molar-refractivity contribution in [1.29, 1.82) is 0 Å². The van der Waals surface area contributed by atoms with E-state index in [2.05, 4.69) is 17.4 Å². The van der Waals surface area contributed by atoms with Crippen LogP contribution < -0.4 is 10.1 Å². The van der Waals surface area contributed by atoms with Gasteiger partial charge in [-0.15, -0.1) is 0 Å². The highest BCUT2D eigenvalue weighted by Gasteiger charge is 2.30. The predicted octanol–water partition coefficient (Wildman–Crippen LogP) is 2.47. The lowest BCUT2D eigenvalue weighted by atomic mass is 10.1. The monoisotopic (exact) mass is 432 g/mol. The average Bonchev–Trinajstić information content (AvgIpc) is 2.78. The number of nitrogens with zero attached hydrogens (tertiary/aromatic N) is 1. The van der Waals surface area contributed by atoms with Gasteiger partial charge in [0.1, 0.15) is 10.6 Å². The zero-order valence-corrected chi connectivity index (χ0v) is 18.2. The van der Waals surface area contributed by atoms with Crippen LogP contribution in [0.2, 0.25) is 0 Å². The third kappa shape index (κ3) is 5.38. The molecule has 0 radical (unpaired) electrons. The van der Waals surface area contributed by atoms with Crippen LogP contribution in [0.1, 0.15) is 29.3 Å². The minimum Gasteiger partial charge on any atom is -0.495 e. The molecule has 0 saturated carbocycles. The highest BCUT2D eigenvalue weighted by Crippen LogP contribution is 2.28. The summed E-state index contributed by atoms with van der Waals surface area (Å²) < 4.78 is 38.0. The lowest BCUT2D eigenvalue weighted by Gasteiger charge is -2.26. The van der Waals surface area contributed by atoms with Crippen molar-refractivity contribution in [2.75, 3.05) is 33.4 Å². The Morgan fingerprint density at radius 2 is 1.87 bits per heavy atom. The van der Waals surface area contributed by atoms with E-state index in [1.165, 1.54) is 29.1 Å². The summed E-state index contributed by atoms with van der Waals surface area (Å²) in [6.07, 6.45) is 1.63. The summed E-state index contributed by atoms with van der Waals surface area (Å²) in [6, 6.07) is 14.5. The second-order valence-electron chi connectivity index (χ2n) is 7.28. The molecule has 0 bridgehead atoms. The van der Waals surface area contributed by atoms with Crippen molar-refractivity contribution in [3.05, 3.63) is 59.7 Å². The summed E-state index contributed by atoms with van der Waals surface area (Å²) in [5.41, 5.74) is 1.50. The number of carbonyl (C=O) groups is 1. The largest absolute Gasteiger partial charge is 0.495 e. The molecular formula is C22H28N2O5S. The van der Waals surface area contributed by atoms with Crippen LogP contribution in [-0.4, -0.2) is 58.1 Å². The number of amides is 1. The molecule has 2 aromatic carbocycles. The molecule has 1 aliphatic heterocycles. The number of methoxy groups -OCH3 is 1. The van der Waals surface area contributed by atoms with Crippen LogP contribution in [-0.2, 0) is 21.2 Å². The smallest absolute Gasteiger partial charge is 0.251 e. The number of carbonyl (C=O) groups excluding carboxylic acids is 1. The van der Waals surface area contributed by atoms with Crippen molar-refractivity contribution in [1.82, 2.24) is 9.62 Å². The fourth-order valence-electron chi connectivity index (χ4n) is 3.35. The molecule has 0 aliphatic carbocycles. The molecule has 0 aromatic heterocycles. The first-order valence-electron chi connectivity index (χ1n) is 10.0. The van der Waals surface area contributed by atoms with Gasteiger partial charge in [-0.3, -0.25) is 4.79 Å². The van der Waals surface area contributed by atoms with E-state index in [1.54, 1.807) is 6.07 Å². The van der Waals surface area contributed by atoms with Crippen LogP contribution >= 0.6 is 0 Å². The van der Waals surface area contributed by atoms with Crippen LogP contribution in [0.25, 0.3) is 0 Å². The van der Waals surface area contributed by atoms with Crippen molar-refractivity contribution < 1.29 is 22.7 Å². The molecule has 2 aromatic rings. The maximum atomic E-state index is 13.1. The maximum absolute atomic E-state index is 13.1. The molecule has 8 heteroatoms. The van der Waals surface area contributed by atoms with E-state index < -0.39 is 10.0 Å². The predicted molar refractivity (Wildman–Crippen MR) is 114 cm³/mol. The van der Waals surface area contributed by atoms with E-state index in [9.17, 15) is 13.2 Å². The summed E-state index contributed by atoms with van der Waals surface area (Å²) in [5.74, 6) is -0.0909. The molecule has 0 spiro atoms. The van der Waals surface area contributed by atoms with Crippen molar-refractivity contribution in [2.24, 2.45) is 0 Å². The zero-order chi connectivity index (χ0) is 21.6. The van der Waals surface area contributed by atoms with Gasteiger partial charge in [-0.05, 0) is 43.5 Å². The fourth-order valence-corrected chi connectivity index (χ4v) is 4.94. The number of aryl methyl sites for hydroxylation is 1. The van der Waals surface area contributed by atoms with Gasteiger partial charge >= 0.3 is 0 Å². The van der Waals surface area contributed by atoms with E-state index in [0.717, 1.165) is 12.8 Å². The first kappa shape index (κ1) is 22.3. The van der Waals surface area contributed by atoms with Crippen LogP contribution in [0.5, 0.6) is 5.75 Å². The summed E-state index contributed by atoms with van der Waals surface area (Å²) in [5, 5.41) is 2.95. The zero-order valence-electron chi connectivity index (χ0n) is 17.3. The average molecular weight is 433 g/mol. The van der Waals surface area contributed by atoms with Gasteiger partial charge < -0.3 is 14.8 Å². The summed E-state index contributed by atoms with van der Waals surface area (Å²) in [4.78, 5) is 12.7. The van der Waals surface area contributed by atoms with E-state index in [0.29, 0.717) is 13.2 Å². The van der Waals surface area contributed by atoms with Crippen LogP contribution in [0.4, 0.5) is 0 Å². The molecule has 7 nitrogen and oxygen atoms in total. The first-order chi connectivity index (χ1) is 14.4. The maximum Gasteiger partial charge on any atom is 0.251 e. The third-order valence-electron chi connectivity index (χ3n) is 5.10. The summed E-state index contributed by atoms with van der Waals surface area (Å²) >= 11 is 0. The summed E-state index contributed by atoms with van der Waals surface area (Å²) in [7, 11) is -2.37. The van der Waals surface area contributed by atoms with Crippen molar-refractivity contribution in [3.63, 3.8) is 0 Å². The molecule has 1 saturated heterocycles. The van der Waals surface area contributed by atoms with E-state index >= 15 is 0 Å². The van der Waals surface area contributed by atoms with Gasteiger partial charge in [-0.2, -0.15) is 4.31 Å². The Hall–Kier alpha value is -2.42. The first-order valence-corrected chi connectivity index (χ1v) is 11.5. The number of benzene rings is 2. The van der Waals surface area contributed by atoms with Gasteiger partial charge in [-0.25, -0.2) is 8.42 Å². The van der Waals surface area contributed by atoms with Gasteiger partial charge in [0, 0.05) is 24.7 Å². The number of rotatable bonds is 8. The Balaban J connectivity index is 1.72. The standard InChI is InChI=1S/C22H28N2O5S/c1-17(8-9-18-6-4-3-5-7-18)23-22(25)19-10-11-20(28-2)21(16-19)30(26,27)24-12-14-29-15-13-24/h3-7,10-11,16-17H,8-9,12-15H2,1-2H3,(H,23,25)/t17-/m0/s1. The highest BCUT2D eigenvalue weighted by molar-refractivity contribution is 7.89. The number of ether oxygens (including phenoxy) is 2. The third-order valence-corrected chi connectivity index (χ3v) is 7.02. The molecule has 1 heterocycles. The number of hydrogen-bond donors (Lipinski definition) is 1. The molecule has 1 amide bonds. The van der Waals surface area contributed by atoms with Crippen molar-refractivity contribution in [2.45, 2.75) is 30.7 Å². The molecular weight excluding hydrogens is 404 g/mol. The lowest BCUT2D eigenvalue weighted by Crippen LogP contribution is -2.40. The molecule has 1 N–H and O–H groups in total. The SMILES string of the molecule is COc1ccc(C(=O)N[C@@H](C)CCc2ccccc2)cc1S(=O)(=O)N1CCOCC1. The Labute approximate surface area is 178 Å². The van der Waals surface area contributed by atoms with Crippen molar-refractivity contribution >= 4 is 15.9 Å². The molecule has 1 fully saturated rings.